The predicted octanol–water partition coefficient (Wildman–Crippen LogP) is 33.7. The van der Waals surface area contributed by atoms with Crippen molar-refractivity contribution < 1.29 is 4.42 Å². The van der Waals surface area contributed by atoms with Crippen molar-refractivity contribution in [3.8, 4) is 73.7 Å². The van der Waals surface area contributed by atoms with Gasteiger partial charge in [-0.1, -0.05) is 334 Å². The van der Waals surface area contributed by atoms with Gasteiger partial charge in [-0.3, -0.25) is 9.13 Å². The van der Waals surface area contributed by atoms with Crippen LogP contribution in [0.5, 0.6) is 0 Å². The molecule has 0 radical (unpaired) electrons. The van der Waals surface area contributed by atoms with Gasteiger partial charge in [-0.05, 0) is 156 Å². The van der Waals surface area contributed by atoms with Crippen LogP contribution in [0, 0.1) is 0 Å². The van der Waals surface area contributed by atoms with E-state index in [4.69, 9.17) is 24.4 Å². The van der Waals surface area contributed by atoms with Crippen LogP contribution in [-0.4, -0.2) is 42.8 Å². The van der Waals surface area contributed by atoms with Crippen LogP contribution in [0.1, 0.15) is 0 Å². The van der Waals surface area contributed by atoms with E-state index in [9.17, 15) is 0 Å². The lowest BCUT2D eigenvalue weighted by molar-refractivity contribution is 0.673. The van der Waals surface area contributed by atoms with Gasteiger partial charge in [0.1, 0.15) is 11.2 Å². The van der Waals surface area contributed by atoms with Gasteiger partial charge in [0, 0.05) is 145 Å². The fourth-order valence-electron chi connectivity index (χ4n) is 21.9. The molecule has 21 aromatic carbocycles. The van der Waals surface area contributed by atoms with Gasteiger partial charge < -0.3 is 18.1 Å². The smallest absolute Gasteiger partial charge is 0.235 e. The molecule has 0 bridgehead atoms. The Morgan fingerprint density at radius 3 is 0.934 bits per heavy atom. The van der Waals surface area contributed by atoms with Crippen molar-refractivity contribution in [1.29, 1.82) is 0 Å². The molecule has 0 aliphatic carbocycles. The van der Waals surface area contributed by atoms with Crippen LogP contribution in [-0.2, 0) is 0 Å². The number of benzene rings is 21. The highest BCUT2D eigenvalue weighted by molar-refractivity contribution is 7.27. The number of nitrogens with zero attached hydrogens (tertiary/aromatic N) is 9. The third kappa shape index (κ3) is 12.2. The van der Waals surface area contributed by atoms with E-state index in [0.717, 1.165) is 116 Å². The summed E-state index contributed by atoms with van der Waals surface area (Å²) in [6.45, 7) is 0. The van der Waals surface area contributed by atoms with E-state index in [0.29, 0.717) is 11.9 Å². The summed E-state index contributed by atoms with van der Waals surface area (Å²) < 4.78 is 20.9. The van der Waals surface area contributed by atoms with Crippen molar-refractivity contribution in [3.05, 3.63) is 467 Å². The Labute approximate surface area is 788 Å². The highest BCUT2D eigenvalue weighted by Gasteiger charge is 2.29. The summed E-state index contributed by atoms with van der Waals surface area (Å²) in [6, 6.07) is 166. The predicted molar refractivity (Wildman–Crippen MR) is 574 cm³/mol. The van der Waals surface area contributed by atoms with Crippen molar-refractivity contribution in [2.24, 2.45) is 0 Å². The lowest BCUT2D eigenvalue weighted by Gasteiger charge is -2.13. The molecule has 30 aromatic rings. The maximum atomic E-state index is 6.53. The van der Waals surface area contributed by atoms with Crippen molar-refractivity contribution in [1.82, 2.24) is 42.8 Å². The van der Waals surface area contributed by atoms with Gasteiger partial charge in [-0.15, -0.1) is 11.3 Å². The number of para-hydroxylation sites is 10. The number of hydrogen-bond donors (Lipinski definition) is 0. The molecular weight excluding hydrogens is 1690 g/mol. The van der Waals surface area contributed by atoms with Gasteiger partial charge in [-0.25, -0.2) is 19.9 Å². The van der Waals surface area contributed by atoms with Crippen molar-refractivity contribution in [2.45, 2.75) is 0 Å². The molecule has 0 unspecified atom stereocenters. The lowest BCUT2D eigenvalue weighted by atomic mass is 9.98. The lowest BCUT2D eigenvalue weighted by Crippen LogP contribution is -2.03. The first-order valence-electron chi connectivity index (χ1n) is 46.5. The Morgan fingerprint density at radius 2 is 0.496 bits per heavy atom. The Balaban J connectivity index is 0.000000104. The largest absolute Gasteiger partial charge is 0.455 e. The summed E-state index contributed by atoms with van der Waals surface area (Å²) in [5, 5.41) is 23.9. The van der Waals surface area contributed by atoms with E-state index in [1.807, 2.05) is 47.7 Å². The summed E-state index contributed by atoms with van der Waals surface area (Å²) in [4.78, 5) is 20.9. The summed E-state index contributed by atoms with van der Waals surface area (Å²) in [5.74, 6) is 1.34. The van der Waals surface area contributed by atoms with Gasteiger partial charge in [0.25, 0.3) is 0 Å². The molecule has 638 valence electrons. The molecule has 0 fully saturated rings. The van der Waals surface area contributed by atoms with Gasteiger partial charge in [0.15, 0.2) is 0 Å². The second-order valence-electron chi connectivity index (χ2n) is 35.3. The molecule has 0 N–H and O–H groups in total. The van der Waals surface area contributed by atoms with Crippen LogP contribution in [0.3, 0.4) is 0 Å². The van der Waals surface area contributed by atoms with Crippen LogP contribution in [0.25, 0.3) is 268 Å². The van der Waals surface area contributed by atoms with Gasteiger partial charge in [-0.2, -0.15) is 0 Å². The van der Waals surface area contributed by atoms with Crippen LogP contribution in [0.15, 0.2) is 472 Å². The van der Waals surface area contributed by atoms with Crippen LogP contribution < -0.4 is 0 Å². The SMILES string of the molecule is c1ccc(-c2nc(-n3c4ccccc4c4c5c6ccccc6oc5c5ccccc5c43)nc3ccccc23)cc1.c1ccc(-c2nc(-n3c4ccccc4c4c5c6ccccc6sc5c5ccccc5c43)nc3ccccc23)cc1.c1ccc(-n2c3ccccc3c3cc(-c4ccc5c(c4)c4cc(-c6ccc7c(c6)c6ccccc6n7-c6ccccc6)ccc4n5-c4ccccc4)ccc32)cc1. The average Bonchev–Trinajstić information content (AvgIpc) is 1.54. The Hall–Kier alpha value is -18.2. The van der Waals surface area contributed by atoms with E-state index >= 15 is 0 Å². The highest BCUT2D eigenvalue weighted by atomic mass is 32.1. The normalized spacial score (nSPS) is 11.9. The van der Waals surface area contributed by atoms with Gasteiger partial charge in [0.05, 0.1) is 77.6 Å². The first kappa shape index (κ1) is 77.6. The number of rotatable bonds is 9. The second kappa shape index (κ2) is 31.3. The molecule has 0 spiro atoms. The quantitative estimate of drug-likeness (QED) is 0.144. The zero-order valence-electron chi connectivity index (χ0n) is 73.8. The molecule has 0 amide bonds. The van der Waals surface area contributed by atoms with Crippen molar-refractivity contribution >= 4 is 206 Å². The van der Waals surface area contributed by atoms with E-state index in [2.05, 4.69) is 454 Å². The summed E-state index contributed by atoms with van der Waals surface area (Å²) in [5.41, 5.74) is 27.6. The first-order chi connectivity index (χ1) is 68.0. The minimum absolute atomic E-state index is 0.654. The molecular formula is C126H77N9OS. The highest BCUT2D eigenvalue weighted by Crippen LogP contribution is 2.51. The number of aromatic nitrogens is 9. The zero-order chi connectivity index (χ0) is 89.9. The zero-order valence-corrected chi connectivity index (χ0v) is 74.6. The third-order valence-corrected chi connectivity index (χ3v) is 29.0. The Bertz CT molecular complexity index is 9630. The minimum Gasteiger partial charge on any atom is -0.455 e. The van der Waals surface area contributed by atoms with Crippen molar-refractivity contribution in [3.63, 3.8) is 0 Å². The molecule has 0 aliphatic heterocycles. The summed E-state index contributed by atoms with van der Waals surface area (Å²) in [6.07, 6.45) is 0. The van der Waals surface area contributed by atoms with Gasteiger partial charge in [0.2, 0.25) is 11.9 Å². The molecule has 11 heteroatoms. The molecule has 0 saturated carbocycles. The number of hydrogen-bond acceptors (Lipinski definition) is 6. The van der Waals surface area contributed by atoms with Gasteiger partial charge >= 0.3 is 0 Å². The first-order valence-corrected chi connectivity index (χ1v) is 47.3. The Kier molecular flexibility index (Phi) is 17.7. The standard InChI is InChI=1S/C54H35N3.C36H21N3O.C36H21N3S/c1-4-14-40(15-5-1)55-49-22-12-10-20-43(49)45-32-36(24-28-51(45)55)38-26-30-53-47(34-38)48-35-39(27-31-54(48)57(53)42-18-8-3-9-19-42)37-25-29-52-46(33-37)44-21-11-13-23-50(44)56(52)41-16-6-2-7-17-41;2*1-2-12-22(13-3-1)33-25-16-6-9-19-28(25)37-36(38-33)39-29-20-10-7-17-26(29)31-32-27-18-8-11-21-30(27)40-35(32)24-15-5-4-14-23(24)34(31)39/h1-35H;2*1-21H. The van der Waals surface area contributed by atoms with Crippen LogP contribution >= 0.6 is 11.3 Å². The second-order valence-corrected chi connectivity index (χ2v) is 36.4. The molecule has 0 aliphatic rings. The number of furan rings is 1. The Morgan fingerprint density at radius 1 is 0.190 bits per heavy atom. The van der Waals surface area contributed by atoms with E-state index in [-0.39, 0.29) is 0 Å². The number of fused-ring (bicyclic) bond motifs is 31. The van der Waals surface area contributed by atoms with E-state index in [1.165, 1.54) is 141 Å². The average molecular weight is 1770 g/mol. The maximum Gasteiger partial charge on any atom is 0.235 e. The molecule has 0 atom stereocenters. The van der Waals surface area contributed by atoms with E-state index in [1.54, 1.807) is 0 Å². The summed E-state index contributed by atoms with van der Waals surface area (Å²) >= 11 is 1.88. The topological polar surface area (TPSA) is 89.4 Å². The van der Waals surface area contributed by atoms with E-state index < -0.39 is 0 Å². The molecule has 9 aromatic heterocycles. The van der Waals surface area contributed by atoms with Crippen LogP contribution in [0.2, 0.25) is 0 Å². The molecule has 137 heavy (non-hydrogen) atoms. The maximum absolute atomic E-state index is 6.53. The molecule has 0 saturated heterocycles. The monoisotopic (exact) mass is 1760 g/mol. The fourth-order valence-corrected chi connectivity index (χ4v) is 23.1. The van der Waals surface area contributed by atoms with Crippen LogP contribution in [0.4, 0.5) is 0 Å². The third-order valence-electron chi connectivity index (χ3n) is 27.8. The molecule has 30 rings (SSSR count). The number of thiophene rings is 1. The molecule has 10 nitrogen and oxygen atoms in total. The van der Waals surface area contributed by atoms with Crippen molar-refractivity contribution in [2.75, 3.05) is 0 Å². The fraction of sp³-hybridized carbons (Fsp3) is 0. The minimum atomic E-state index is 0.654. The molecule has 9 heterocycles. The summed E-state index contributed by atoms with van der Waals surface area (Å²) in [7, 11) is 0.